The van der Waals surface area contributed by atoms with Gasteiger partial charge in [-0.25, -0.2) is 0 Å². The predicted molar refractivity (Wildman–Crippen MR) is 104 cm³/mol. The molecule has 1 unspecified atom stereocenters. The number of benzene rings is 2. The van der Waals surface area contributed by atoms with E-state index in [-0.39, 0.29) is 11.1 Å². The highest BCUT2D eigenvalue weighted by Crippen LogP contribution is 2.32. The van der Waals surface area contributed by atoms with Gasteiger partial charge < -0.3 is 4.57 Å². The van der Waals surface area contributed by atoms with E-state index < -0.39 is 34.4 Å². The minimum absolute atomic E-state index is 0.0868. The molecule has 2 aromatic carbocycles. The number of carbonyl (C=O) groups excluding carboxylic acids is 3. The number of hydrogen-bond acceptors (Lipinski definition) is 6. The molecule has 10 heteroatoms. The van der Waals surface area contributed by atoms with E-state index in [0.717, 1.165) is 21.2 Å². The average molecular weight is 410 g/mol. The number of aryl methyl sites for hydroxylation is 1. The smallest absolute Gasteiger partial charge is 0.282 e. The summed E-state index contributed by atoms with van der Waals surface area (Å²) < 4.78 is 2.68. The fourth-order valence-corrected chi connectivity index (χ4v) is 4.30. The molecule has 0 spiro atoms. The lowest BCUT2D eigenvalue weighted by atomic mass is 10.1. The van der Waals surface area contributed by atoms with Gasteiger partial charge in [-0.3, -0.25) is 29.4 Å². The van der Waals surface area contributed by atoms with Crippen molar-refractivity contribution >= 4 is 45.0 Å². The van der Waals surface area contributed by atoms with Gasteiger partial charge in [0.25, 0.3) is 23.4 Å². The van der Waals surface area contributed by atoms with E-state index in [1.165, 1.54) is 30.4 Å². The van der Waals surface area contributed by atoms with Crippen LogP contribution in [0.3, 0.4) is 0 Å². The summed E-state index contributed by atoms with van der Waals surface area (Å²) in [6.45, 7) is 1.38. The lowest BCUT2D eigenvalue weighted by Gasteiger charge is -2.18. The van der Waals surface area contributed by atoms with E-state index in [0.29, 0.717) is 4.80 Å². The maximum Gasteiger partial charge on any atom is 0.282 e. The molecule has 1 aliphatic heterocycles. The molecule has 146 valence electrons. The number of hydrogen-bond donors (Lipinski definition) is 0. The molecule has 3 aromatic rings. The van der Waals surface area contributed by atoms with E-state index >= 15 is 0 Å². The van der Waals surface area contributed by atoms with Gasteiger partial charge in [-0.2, -0.15) is 4.99 Å². The molecule has 1 aromatic heterocycles. The normalized spacial score (nSPS) is 15.1. The molecule has 0 aliphatic carbocycles. The van der Waals surface area contributed by atoms with Gasteiger partial charge in [0.1, 0.15) is 11.6 Å². The van der Waals surface area contributed by atoms with Crippen molar-refractivity contribution in [1.29, 1.82) is 0 Å². The van der Waals surface area contributed by atoms with Crippen molar-refractivity contribution in [2.24, 2.45) is 12.0 Å². The summed E-state index contributed by atoms with van der Waals surface area (Å²) in [4.78, 5) is 53.9. The Hall–Kier alpha value is -3.66. The topological polar surface area (TPSA) is 115 Å². The summed E-state index contributed by atoms with van der Waals surface area (Å²) in [5, 5.41) is 11.2. The van der Waals surface area contributed by atoms with Crippen LogP contribution >= 0.6 is 11.3 Å². The van der Waals surface area contributed by atoms with Gasteiger partial charge >= 0.3 is 0 Å². The number of aromatic nitrogens is 1. The highest BCUT2D eigenvalue weighted by molar-refractivity contribution is 7.16. The number of para-hydroxylation sites is 1. The van der Waals surface area contributed by atoms with E-state index in [9.17, 15) is 24.5 Å². The van der Waals surface area contributed by atoms with Crippen LogP contribution in [0.15, 0.2) is 47.5 Å². The maximum absolute atomic E-state index is 12.7. The second-order valence-corrected chi connectivity index (χ2v) is 7.48. The lowest BCUT2D eigenvalue weighted by molar-refractivity contribution is -0.385. The molecule has 0 bridgehead atoms. The number of carbonyl (C=O) groups is 3. The Morgan fingerprint density at radius 2 is 1.86 bits per heavy atom. The van der Waals surface area contributed by atoms with Gasteiger partial charge in [0.05, 0.1) is 20.7 Å². The lowest BCUT2D eigenvalue weighted by Crippen LogP contribution is -2.43. The van der Waals surface area contributed by atoms with E-state index in [2.05, 4.69) is 4.99 Å². The third-order valence-corrected chi connectivity index (χ3v) is 5.90. The predicted octanol–water partition coefficient (Wildman–Crippen LogP) is 2.26. The highest BCUT2D eigenvalue weighted by Gasteiger charge is 2.44. The number of thiazole rings is 1. The Morgan fingerprint density at radius 1 is 1.14 bits per heavy atom. The summed E-state index contributed by atoms with van der Waals surface area (Å²) >= 11 is 1.31. The van der Waals surface area contributed by atoms with Crippen molar-refractivity contribution in [2.45, 2.75) is 13.0 Å². The minimum atomic E-state index is -1.20. The zero-order valence-corrected chi connectivity index (χ0v) is 16.2. The molecule has 29 heavy (non-hydrogen) atoms. The van der Waals surface area contributed by atoms with Gasteiger partial charge in [-0.15, -0.1) is 0 Å². The van der Waals surface area contributed by atoms with Crippen LogP contribution in [-0.4, -0.2) is 38.2 Å². The Kier molecular flexibility index (Phi) is 4.35. The van der Waals surface area contributed by atoms with Crippen LogP contribution in [0.4, 0.5) is 5.69 Å². The number of nitro benzene ring substituents is 1. The zero-order valence-electron chi connectivity index (χ0n) is 15.4. The Labute approximate surface area is 167 Å². The third kappa shape index (κ3) is 2.85. The average Bonchev–Trinajstić information content (AvgIpc) is 3.15. The number of nitro groups is 1. The molecule has 1 aliphatic rings. The fourth-order valence-electron chi connectivity index (χ4n) is 3.28. The summed E-state index contributed by atoms with van der Waals surface area (Å²) in [6.07, 6.45) is 0. The molecule has 4 rings (SSSR count). The first-order chi connectivity index (χ1) is 13.8. The second kappa shape index (κ2) is 6.74. The van der Waals surface area contributed by atoms with Gasteiger partial charge in [0.15, 0.2) is 4.80 Å². The highest BCUT2D eigenvalue weighted by atomic mass is 32.1. The van der Waals surface area contributed by atoms with Crippen LogP contribution in [0.5, 0.6) is 0 Å². The largest absolute Gasteiger partial charge is 0.319 e. The monoisotopic (exact) mass is 410 g/mol. The molecule has 0 fully saturated rings. The van der Waals surface area contributed by atoms with Crippen LogP contribution < -0.4 is 4.80 Å². The van der Waals surface area contributed by atoms with Gasteiger partial charge in [-0.05, 0) is 25.1 Å². The van der Waals surface area contributed by atoms with Gasteiger partial charge in [0, 0.05) is 13.1 Å². The van der Waals surface area contributed by atoms with Crippen LogP contribution in [-0.2, 0) is 11.8 Å². The molecule has 0 saturated heterocycles. The number of rotatable bonds is 3. The third-order valence-electron chi connectivity index (χ3n) is 4.79. The standard InChI is InChI=1S/C19H14N4O5S/c1-10(16(24)20-19-21(2)12-7-3-4-9-14(12)29-19)22-17(25)11-6-5-8-13(23(27)28)15(11)18(22)26/h3-10H,1-2H3. The summed E-state index contributed by atoms with van der Waals surface area (Å²) in [5.41, 5.74) is 0.0507. The van der Waals surface area contributed by atoms with Crippen molar-refractivity contribution in [1.82, 2.24) is 9.47 Å². The molecule has 1 atom stereocenters. The Balaban J connectivity index is 1.72. The fraction of sp³-hybridized carbons (Fsp3) is 0.158. The van der Waals surface area contributed by atoms with Crippen molar-refractivity contribution in [3.63, 3.8) is 0 Å². The molecule has 9 nitrogen and oxygen atoms in total. The van der Waals surface area contributed by atoms with Crippen molar-refractivity contribution < 1.29 is 19.3 Å². The van der Waals surface area contributed by atoms with Gasteiger partial charge in [0.2, 0.25) is 0 Å². The first kappa shape index (κ1) is 18.7. The van der Waals surface area contributed by atoms with Crippen LogP contribution in [0.25, 0.3) is 10.2 Å². The summed E-state index contributed by atoms with van der Waals surface area (Å²) in [7, 11) is 1.76. The number of imide groups is 1. The minimum Gasteiger partial charge on any atom is -0.319 e. The van der Waals surface area contributed by atoms with Crippen LogP contribution in [0.1, 0.15) is 27.6 Å². The van der Waals surface area contributed by atoms with Crippen LogP contribution in [0.2, 0.25) is 0 Å². The second-order valence-electron chi connectivity index (χ2n) is 6.47. The first-order valence-electron chi connectivity index (χ1n) is 8.59. The van der Waals surface area contributed by atoms with Crippen molar-refractivity contribution in [3.8, 4) is 0 Å². The Bertz CT molecular complexity index is 1290. The zero-order chi connectivity index (χ0) is 20.9. The van der Waals surface area contributed by atoms with Gasteiger partial charge in [-0.1, -0.05) is 29.5 Å². The van der Waals surface area contributed by atoms with Crippen molar-refractivity contribution in [2.75, 3.05) is 0 Å². The molecule has 2 heterocycles. The number of fused-ring (bicyclic) bond motifs is 2. The molecule has 3 amide bonds. The number of nitrogens with zero attached hydrogens (tertiary/aromatic N) is 4. The van der Waals surface area contributed by atoms with E-state index in [4.69, 9.17) is 0 Å². The molecular weight excluding hydrogens is 396 g/mol. The molecule has 0 N–H and O–H groups in total. The van der Waals surface area contributed by atoms with E-state index in [1.54, 1.807) is 11.6 Å². The molecular formula is C19H14N4O5S. The SMILES string of the molecule is CC(C(=O)N=c1sc2ccccc2n1C)N1C(=O)c2cccc([N+](=O)[O-])c2C1=O. The number of amides is 3. The quantitative estimate of drug-likeness (QED) is 0.373. The molecule has 0 radical (unpaired) electrons. The first-order valence-corrected chi connectivity index (χ1v) is 9.41. The summed E-state index contributed by atoms with van der Waals surface area (Å²) in [6, 6.07) is 10.2. The maximum atomic E-state index is 12.7. The van der Waals surface area contributed by atoms with Crippen molar-refractivity contribution in [3.05, 3.63) is 68.5 Å². The van der Waals surface area contributed by atoms with Crippen LogP contribution in [0, 0.1) is 10.1 Å². The van der Waals surface area contributed by atoms with E-state index in [1.807, 2.05) is 24.3 Å². The Morgan fingerprint density at radius 3 is 2.55 bits per heavy atom. The molecule has 0 saturated carbocycles. The summed E-state index contributed by atoms with van der Waals surface area (Å²) in [5.74, 6) is -2.30.